The molecular formula is C16H25NO2. The van der Waals surface area contributed by atoms with E-state index >= 15 is 0 Å². The smallest absolute Gasteiger partial charge is 0.0942 e. The molecule has 0 amide bonds. The molecular weight excluding hydrogens is 238 g/mol. The van der Waals surface area contributed by atoms with E-state index in [2.05, 4.69) is 25.8 Å². The minimum atomic E-state index is -0.452. The van der Waals surface area contributed by atoms with Gasteiger partial charge in [0.2, 0.25) is 0 Å². The summed E-state index contributed by atoms with van der Waals surface area (Å²) in [5.74, 6) is 0. The number of hydrogen-bond donors (Lipinski definition) is 1. The van der Waals surface area contributed by atoms with Crippen LogP contribution >= 0.6 is 0 Å². The lowest BCUT2D eigenvalue weighted by molar-refractivity contribution is 0.0295. The Balaban J connectivity index is 1.93. The molecule has 3 unspecified atom stereocenters. The van der Waals surface area contributed by atoms with Crippen molar-refractivity contribution in [1.29, 1.82) is 0 Å². The summed E-state index contributed by atoms with van der Waals surface area (Å²) in [5, 5.41) is 10.4. The van der Waals surface area contributed by atoms with Crippen LogP contribution in [-0.2, 0) is 4.74 Å². The molecule has 1 fully saturated rings. The molecule has 0 saturated carbocycles. The molecule has 19 heavy (non-hydrogen) atoms. The monoisotopic (exact) mass is 263 g/mol. The highest BCUT2D eigenvalue weighted by molar-refractivity contribution is 5.23. The van der Waals surface area contributed by atoms with Gasteiger partial charge in [-0.3, -0.25) is 4.90 Å². The second-order valence-corrected chi connectivity index (χ2v) is 5.67. The van der Waals surface area contributed by atoms with Crippen LogP contribution in [0.25, 0.3) is 0 Å². The number of likely N-dealkylation sites (N-methyl/N-ethyl adjacent to an activating group) is 1. The Bertz CT molecular complexity index is 384. The SMILES string of the molecule is Cc1ccc(C(O)C(C)N(C)CC2CCCO2)cc1. The zero-order valence-electron chi connectivity index (χ0n) is 12.2. The van der Waals surface area contributed by atoms with Crippen LogP contribution in [0.2, 0.25) is 0 Å². The van der Waals surface area contributed by atoms with Gasteiger partial charge in [-0.25, -0.2) is 0 Å². The molecule has 3 atom stereocenters. The fraction of sp³-hybridized carbons (Fsp3) is 0.625. The fourth-order valence-corrected chi connectivity index (χ4v) is 2.56. The maximum atomic E-state index is 10.4. The molecule has 3 nitrogen and oxygen atoms in total. The van der Waals surface area contributed by atoms with E-state index in [-0.39, 0.29) is 6.04 Å². The first kappa shape index (κ1) is 14.5. The quantitative estimate of drug-likeness (QED) is 0.886. The Morgan fingerprint density at radius 1 is 1.37 bits per heavy atom. The van der Waals surface area contributed by atoms with Crippen molar-refractivity contribution in [1.82, 2.24) is 4.90 Å². The fourth-order valence-electron chi connectivity index (χ4n) is 2.56. The molecule has 0 spiro atoms. The van der Waals surface area contributed by atoms with Gasteiger partial charge in [0, 0.05) is 19.2 Å². The highest BCUT2D eigenvalue weighted by Gasteiger charge is 2.24. The van der Waals surface area contributed by atoms with Crippen LogP contribution in [0.1, 0.15) is 37.0 Å². The average molecular weight is 263 g/mol. The number of nitrogens with zero attached hydrogens (tertiary/aromatic N) is 1. The first-order valence-corrected chi connectivity index (χ1v) is 7.14. The van der Waals surface area contributed by atoms with Gasteiger partial charge in [0.15, 0.2) is 0 Å². The Hall–Kier alpha value is -0.900. The molecule has 0 bridgehead atoms. The molecule has 1 aliphatic rings. The molecule has 1 saturated heterocycles. The largest absolute Gasteiger partial charge is 0.387 e. The third kappa shape index (κ3) is 3.78. The van der Waals surface area contributed by atoms with E-state index in [9.17, 15) is 5.11 Å². The maximum absolute atomic E-state index is 10.4. The second-order valence-electron chi connectivity index (χ2n) is 5.67. The zero-order valence-corrected chi connectivity index (χ0v) is 12.2. The summed E-state index contributed by atoms with van der Waals surface area (Å²) in [5.41, 5.74) is 2.20. The van der Waals surface area contributed by atoms with Crippen LogP contribution < -0.4 is 0 Å². The first-order chi connectivity index (χ1) is 9.08. The van der Waals surface area contributed by atoms with E-state index in [1.54, 1.807) is 0 Å². The van der Waals surface area contributed by atoms with Gasteiger partial charge in [0.05, 0.1) is 12.2 Å². The van der Waals surface area contributed by atoms with Crippen LogP contribution in [0.3, 0.4) is 0 Å². The van der Waals surface area contributed by atoms with E-state index in [1.165, 1.54) is 5.56 Å². The van der Waals surface area contributed by atoms with E-state index in [1.807, 2.05) is 24.3 Å². The Labute approximate surface area is 116 Å². The zero-order chi connectivity index (χ0) is 13.8. The summed E-state index contributed by atoms with van der Waals surface area (Å²) < 4.78 is 5.65. The van der Waals surface area contributed by atoms with E-state index in [0.29, 0.717) is 6.10 Å². The summed E-state index contributed by atoms with van der Waals surface area (Å²) in [6, 6.07) is 8.20. The van der Waals surface area contributed by atoms with E-state index in [0.717, 1.165) is 31.6 Å². The van der Waals surface area contributed by atoms with Crippen molar-refractivity contribution < 1.29 is 9.84 Å². The van der Waals surface area contributed by atoms with E-state index < -0.39 is 6.10 Å². The van der Waals surface area contributed by atoms with Crippen LogP contribution in [0.15, 0.2) is 24.3 Å². The molecule has 1 aromatic rings. The van der Waals surface area contributed by atoms with Gasteiger partial charge >= 0.3 is 0 Å². The minimum absolute atomic E-state index is 0.0897. The Kier molecular flexibility index (Phi) is 4.97. The van der Waals surface area contributed by atoms with Crippen LogP contribution in [0.5, 0.6) is 0 Å². The van der Waals surface area contributed by atoms with Gasteiger partial charge in [-0.1, -0.05) is 29.8 Å². The number of hydrogen-bond acceptors (Lipinski definition) is 3. The number of aliphatic hydroxyl groups is 1. The summed E-state index contributed by atoms with van der Waals surface area (Å²) in [6.45, 7) is 5.90. The molecule has 0 radical (unpaired) electrons. The van der Waals surface area contributed by atoms with Crippen LogP contribution in [-0.4, -0.2) is 42.4 Å². The molecule has 2 rings (SSSR count). The van der Waals surface area contributed by atoms with Gasteiger partial charge < -0.3 is 9.84 Å². The van der Waals surface area contributed by atoms with Crippen LogP contribution in [0.4, 0.5) is 0 Å². The van der Waals surface area contributed by atoms with Crippen molar-refractivity contribution in [3.63, 3.8) is 0 Å². The lowest BCUT2D eigenvalue weighted by atomic mass is 10.0. The maximum Gasteiger partial charge on any atom is 0.0942 e. The molecule has 1 aromatic carbocycles. The second kappa shape index (κ2) is 6.51. The number of ether oxygens (including phenoxy) is 1. The topological polar surface area (TPSA) is 32.7 Å². The third-order valence-corrected chi connectivity index (χ3v) is 4.09. The molecule has 106 valence electrons. The van der Waals surface area contributed by atoms with Crippen molar-refractivity contribution in [3.8, 4) is 0 Å². The molecule has 0 aromatic heterocycles. The lowest BCUT2D eigenvalue weighted by Gasteiger charge is -2.30. The van der Waals surface area contributed by atoms with Gasteiger partial charge in [-0.15, -0.1) is 0 Å². The Morgan fingerprint density at radius 2 is 2.05 bits per heavy atom. The van der Waals surface area contributed by atoms with Crippen molar-refractivity contribution in [2.24, 2.45) is 0 Å². The molecule has 1 N–H and O–H groups in total. The first-order valence-electron chi connectivity index (χ1n) is 7.14. The number of aliphatic hydroxyl groups excluding tert-OH is 1. The summed E-state index contributed by atoms with van der Waals surface area (Å²) >= 11 is 0. The molecule has 0 aliphatic carbocycles. The normalized spacial score (nSPS) is 22.7. The molecule has 1 aliphatic heterocycles. The van der Waals surface area contributed by atoms with Crippen molar-refractivity contribution in [3.05, 3.63) is 35.4 Å². The predicted molar refractivity (Wildman–Crippen MR) is 77.2 cm³/mol. The van der Waals surface area contributed by atoms with Gasteiger partial charge in [0.25, 0.3) is 0 Å². The van der Waals surface area contributed by atoms with Crippen molar-refractivity contribution in [2.75, 3.05) is 20.2 Å². The highest BCUT2D eigenvalue weighted by atomic mass is 16.5. The minimum Gasteiger partial charge on any atom is -0.387 e. The lowest BCUT2D eigenvalue weighted by Crippen LogP contribution is -2.39. The van der Waals surface area contributed by atoms with Crippen molar-refractivity contribution >= 4 is 0 Å². The van der Waals surface area contributed by atoms with Crippen LogP contribution in [0, 0.1) is 6.92 Å². The number of rotatable bonds is 5. The summed E-state index contributed by atoms with van der Waals surface area (Å²) in [4.78, 5) is 2.19. The van der Waals surface area contributed by atoms with Gasteiger partial charge in [-0.2, -0.15) is 0 Å². The molecule has 3 heteroatoms. The summed E-state index contributed by atoms with van der Waals surface area (Å²) in [6.07, 6.45) is 2.18. The van der Waals surface area contributed by atoms with E-state index in [4.69, 9.17) is 4.74 Å². The standard InChI is InChI=1S/C16H25NO2/c1-12-6-8-14(9-7-12)16(18)13(2)17(3)11-15-5-4-10-19-15/h6-9,13,15-16,18H,4-5,10-11H2,1-3H3. The average Bonchev–Trinajstić information content (AvgIpc) is 2.90. The predicted octanol–water partition coefficient (Wildman–Crippen LogP) is 2.53. The van der Waals surface area contributed by atoms with Gasteiger partial charge in [-0.05, 0) is 39.3 Å². The third-order valence-electron chi connectivity index (χ3n) is 4.09. The molecule has 1 heterocycles. The number of benzene rings is 1. The van der Waals surface area contributed by atoms with Crippen molar-refractivity contribution in [2.45, 2.75) is 44.9 Å². The Morgan fingerprint density at radius 3 is 2.63 bits per heavy atom. The number of aryl methyl sites for hydroxylation is 1. The highest BCUT2D eigenvalue weighted by Crippen LogP contribution is 2.22. The van der Waals surface area contributed by atoms with Gasteiger partial charge in [0.1, 0.15) is 0 Å². The summed E-state index contributed by atoms with van der Waals surface area (Å²) in [7, 11) is 2.06.